The third-order valence-corrected chi connectivity index (χ3v) is 3.30. The van der Waals surface area contributed by atoms with Crippen molar-refractivity contribution in [3.63, 3.8) is 0 Å². The molecule has 0 spiro atoms. The predicted molar refractivity (Wildman–Crippen MR) is 80.1 cm³/mol. The lowest BCUT2D eigenvalue weighted by Crippen LogP contribution is -2.12. The Morgan fingerprint density at radius 3 is 2.80 bits per heavy atom. The summed E-state index contributed by atoms with van der Waals surface area (Å²) in [6.45, 7) is -0.147. The Balaban J connectivity index is 2.11. The number of ketones is 1. The van der Waals surface area contributed by atoms with Gasteiger partial charge >= 0.3 is 0 Å². The molecule has 100 valence electrons. The van der Waals surface area contributed by atoms with Crippen molar-refractivity contribution in [3.05, 3.63) is 63.1 Å². The van der Waals surface area contributed by atoms with Crippen LogP contribution in [0.5, 0.6) is 5.75 Å². The molecule has 20 heavy (non-hydrogen) atoms. The number of carbonyl (C=O) groups is 1. The van der Waals surface area contributed by atoms with Crippen LogP contribution in [-0.4, -0.2) is 12.4 Å². The Bertz CT molecular complexity index is 695. The summed E-state index contributed by atoms with van der Waals surface area (Å²) >= 11 is 9.15. The second kappa shape index (κ2) is 6.56. The van der Waals surface area contributed by atoms with Gasteiger partial charge in [0.1, 0.15) is 11.8 Å². The largest absolute Gasteiger partial charge is 0.484 e. The molecule has 0 bridgehead atoms. The van der Waals surface area contributed by atoms with Crippen molar-refractivity contribution >= 4 is 33.3 Å². The highest BCUT2D eigenvalue weighted by Gasteiger charge is 2.10. The van der Waals surface area contributed by atoms with Crippen LogP contribution in [0.4, 0.5) is 0 Å². The van der Waals surface area contributed by atoms with Gasteiger partial charge in [0.2, 0.25) is 0 Å². The van der Waals surface area contributed by atoms with E-state index in [9.17, 15) is 4.79 Å². The number of Topliss-reactive ketones (excluding diaryl/α,β-unsaturated/α-hetero) is 1. The molecular formula is C15H9BrClNO2. The molecular weight excluding hydrogens is 342 g/mol. The number of halogens is 2. The van der Waals surface area contributed by atoms with E-state index in [1.54, 1.807) is 30.3 Å². The summed E-state index contributed by atoms with van der Waals surface area (Å²) in [5.74, 6) is 0.138. The van der Waals surface area contributed by atoms with Crippen molar-refractivity contribution < 1.29 is 9.53 Å². The summed E-state index contributed by atoms with van der Waals surface area (Å²) < 4.78 is 6.22. The molecule has 2 aromatic carbocycles. The summed E-state index contributed by atoms with van der Waals surface area (Å²) in [6.07, 6.45) is 0. The first-order chi connectivity index (χ1) is 9.60. The normalized spacial score (nSPS) is 9.85. The summed E-state index contributed by atoms with van der Waals surface area (Å²) in [5, 5.41) is 9.42. The van der Waals surface area contributed by atoms with Crippen LogP contribution in [0, 0.1) is 11.3 Å². The lowest BCUT2D eigenvalue weighted by atomic mass is 10.1. The zero-order chi connectivity index (χ0) is 14.5. The Hall–Kier alpha value is -1.83. The van der Waals surface area contributed by atoms with Crippen LogP contribution < -0.4 is 4.74 Å². The number of carbonyl (C=O) groups excluding carboxylic acids is 1. The van der Waals surface area contributed by atoms with Gasteiger partial charge in [-0.3, -0.25) is 4.79 Å². The van der Waals surface area contributed by atoms with E-state index in [1.807, 2.05) is 12.1 Å². The van der Waals surface area contributed by atoms with Gasteiger partial charge in [0, 0.05) is 21.1 Å². The van der Waals surface area contributed by atoms with Crippen molar-refractivity contribution in [3.8, 4) is 11.8 Å². The van der Waals surface area contributed by atoms with Crippen molar-refractivity contribution in [1.82, 2.24) is 0 Å². The first-order valence-corrected chi connectivity index (χ1v) is 6.88. The van der Waals surface area contributed by atoms with Crippen molar-refractivity contribution in [2.45, 2.75) is 0 Å². The number of nitriles is 1. The third kappa shape index (κ3) is 3.60. The van der Waals surface area contributed by atoms with Crippen LogP contribution in [-0.2, 0) is 0 Å². The summed E-state index contributed by atoms with van der Waals surface area (Å²) in [6, 6.07) is 13.7. The zero-order valence-electron chi connectivity index (χ0n) is 10.3. The van der Waals surface area contributed by atoms with Crippen LogP contribution in [0.25, 0.3) is 0 Å². The lowest BCUT2D eigenvalue weighted by molar-refractivity contribution is 0.0921. The SMILES string of the molecule is N#Cc1ccc(Cl)cc1OCC(=O)c1cccc(Br)c1. The van der Waals surface area contributed by atoms with Gasteiger partial charge in [-0.05, 0) is 24.3 Å². The van der Waals surface area contributed by atoms with E-state index in [0.717, 1.165) is 4.47 Å². The zero-order valence-corrected chi connectivity index (χ0v) is 12.6. The molecule has 0 heterocycles. The van der Waals surface area contributed by atoms with E-state index in [2.05, 4.69) is 15.9 Å². The Morgan fingerprint density at radius 2 is 2.10 bits per heavy atom. The van der Waals surface area contributed by atoms with E-state index >= 15 is 0 Å². The molecule has 0 atom stereocenters. The molecule has 2 aromatic rings. The number of ether oxygens (including phenoxy) is 1. The highest BCUT2D eigenvalue weighted by Crippen LogP contribution is 2.23. The summed E-state index contributed by atoms with van der Waals surface area (Å²) in [7, 11) is 0. The molecule has 0 N–H and O–H groups in total. The highest BCUT2D eigenvalue weighted by molar-refractivity contribution is 9.10. The predicted octanol–water partition coefficient (Wildman–Crippen LogP) is 4.24. The molecule has 0 aromatic heterocycles. The minimum absolute atomic E-state index is 0.147. The van der Waals surface area contributed by atoms with Crippen molar-refractivity contribution in [2.24, 2.45) is 0 Å². The molecule has 0 saturated heterocycles. The van der Waals surface area contributed by atoms with Gasteiger partial charge in [-0.1, -0.05) is 39.7 Å². The molecule has 0 aliphatic rings. The average Bonchev–Trinajstić information content (AvgIpc) is 2.45. The van der Waals surface area contributed by atoms with E-state index in [4.69, 9.17) is 21.6 Å². The standard InChI is InChI=1S/C15H9BrClNO2/c16-12-3-1-2-10(6-12)14(19)9-20-15-7-13(17)5-4-11(15)8-18/h1-7H,9H2. The molecule has 0 unspecified atom stereocenters. The first-order valence-electron chi connectivity index (χ1n) is 5.71. The monoisotopic (exact) mass is 349 g/mol. The number of nitrogens with zero attached hydrogens (tertiary/aromatic N) is 1. The van der Waals surface area contributed by atoms with Crippen LogP contribution in [0.3, 0.4) is 0 Å². The number of hydrogen-bond donors (Lipinski definition) is 0. The second-order valence-electron chi connectivity index (χ2n) is 3.97. The molecule has 0 fully saturated rings. The average molecular weight is 351 g/mol. The molecule has 0 radical (unpaired) electrons. The topological polar surface area (TPSA) is 50.1 Å². The Labute approximate surface area is 129 Å². The number of hydrogen-bond acceptors (Lipinski definition) is 3. The van der Waals surface area contributed by atoms with Crippen LogP contribution in [0.1, 0.15) is 15.9 Å². The molecule has 5 heteroatoms. The number of benzene rings is 2. The quantitative estimate of drug-likeness (QED) is 0.775. The van der Waals surface area contributed by atoms with Crippen molar-refractivity contribution in [2.75, 3.05) is 6.61 Å². The smallest absolute Gasteiger partial charge is 0.200 e. The van der Waals surface area contributed by atoms with Crippen LogP contribution in [0.15, 0.2) is 46.9 Å². The van der Waals surface area contributed by atoms with Gasteiger partial charge in [0.15, 0.2) is 12.4 Å². The molecule has 3 nitrogen and oxygen atoms in total. The van der Waals surface area contributed by atoms with E-state index in [0.29, 0.717) is 21.9 Å². The molecule has 2 rings (SSSR count). The molecule has 0 saturated carbocycles. The third-order valence-electron chi connectivity index (χ3n) is 2.57. The van der Waals surface area contributed by atoms with Gasteiger partial charge in [0.05, 0.1) is 5.56 Å². The van der Waals surface area contributed by atoms with Crippen LogP contribution >= 0.6 is 27.5 Å². The number of rotatable bonds is 4. The molecule has 0 aliphatic heterocycles. The van der Waals surface area contributed by atoms with Gasteiger partial charge in [-0.2, -0.15) is 5.26 Å². The van der Waals surface area contributed by atoms with E-state index in [1.165, 1.54) is 6.07 Å². The van der Waals surface area contributed by atoms with Gasteiger partial charge in [-0.15, -0.1) is 0 Å². The van der Waals surface area contributed by atoms with Gasteiger partial charge in [-0.25, -0.2) is 0 Å². The molecule has 0 aliphatic carbocycles. The Morgan fingerprint density at radius 1 is 1.30 bits per heavy atom. The minimum atomic E-state index is -0.171. The van der Waals surface area contributed by atoms with Gasteiger partial charge < -0.3 is 4.74 Å². The van der Waals surface area contributed by atoms with Crippen LogP contribution in [0.2, 0.25) is 5.02 Å². The maximum Gasteiger partial charge on any atom is 0.200 e. The molecule has 0 amide bonds. The lowest BCUT2D eigenvalue weighted by Gasteiger charge is -2.07. The Kier molecular flexibility index (Phi) is 4.78. The first kappa shape index (κ1) is 14.6. The minimum Gasteiger partial charge on any atom is -0.484 e. The fourth-order valence-electron chi connectivity index (χ4n) is 1.60. The van der Waals surface area contributed by atoms with E-state index < -0.39 is 0 Å². The van der Waals surface area contributed by atoms with Crippen molar-refractivity contribution in [1.29, 1.82) is 5.26 Å². The fourth-order valence-corrected chi connectivity index (χ4v) is 2.16. The van der Waals surface area contributed by atoms with E-state index in [-0.39, 0.29) is 12.4 Å². The fraction of sp³-hybridized carbons (Fsp3) is 0.0667. The highest BCUT2D eigenvalue weighted by atomic mass is 79.9. The summed E-state index contributed by atoms with van der Waals surface area (Å²) in [4.78, 5) is 12.0. The summed E-state index contributed by atoms with van der Waals surface area (Å²) in [5.41, 5.74) is 0.886. The van der Waals surface area contributed by atoms with Gasteiger partial charge in [0.25, 0.3) is 0 Å². The maximum absolute atomic E-state index is 12.0. The second-order valence-corrected chi connectivity index (χ2v) is 5.33. The maximum atomic E-state index is 12.0.